The van der Waals surface area contributed by atoms with Crippen LogP contribution in [-0.2, 0) is 6.54 Å². The lowest BCUT2D eigenvalue weighted by Gasteiger charge is -2.34. The molecule has 1 aliphatic rings. The van der Waals surface area contributed by atoms with Crippen LogP contribution < -0.4 is 0 Å². The van der Waals surface area contributed by atoms with Crippen LogP contribution in [0.1, 0.15) is 15.9 Å². The SMILES string of the molecule is O=C(c1ccc2cccnc2c1O)N1CCN(Cc2cccnc2)CC1. The summed E-state index contributed by atoms with van der Waals surface area (Å²) in [4.78, 5) is 25.3. The number of fused-ring (bicyclic) bond motifs is 1. The van der Waals surface area contributed by atoms with Crippen molar-refractivity contribution in [1.82, 2.24) is 19.8 Å². The van der Waals surface area contributed by atoms with E-state index < -0.39 is 0 Å². The number of hydrogen-bond acceptors (Lipinski definition) is 5. The van der Waals surface area contributed by atoms with Gasteiger partial charge in [0.25, 0.3) is 5.91 Å². The normalized spacial score (nSPS) is 15.3. The van der Waals surface area contributed by atoms with Gasteiger partial charge in [-0.25, -0.2) is 0 Å². The number of phenolic OH excluding ortho intramolecular Hbond substituents is 1. The number of amides is 1. The van der Waals surface area contributed by atoms with Crippen LogP contribution >= 0.6 is 0 Å². The Morgan fingerprint density at radius 3 is 2.62 bits per heavy atom. The molecule has 0 bridgehead atoms. The Morgan fingerprint density at radius 1 is 1.04 bits per heavy atom. The number of nitrogens with zero attached hydrogens (tertiary/aromatic N) is 4. The molecule has 0 radical (unpaired) electrons. The molecule has 4 rings (SSSR count). The molecule has 1 saturated heterocycles. The van der Waals surface area contributed by atoms with Gasteiger partial charge in [0.2, 0.25) is 0 Å². The number of phenols is 1. The van der Waals surface area contributed by atoms with E-state index in [-0.39, 0.29) is 11.7 Å². The first-order chi connectivity index (χ1) is 12.7. The van der Waals surface area contributed by atoms with E-state index in [2.05, 4.69) is 20.9 Å². The zero-order valence-corrected chi connectivity index (χ0v) is 14.4. The standard InChI is InChI=1S/C20H20N4O2/c25-19-17(6-5-16-4-2-8-22-18(16)19)20(26)24-11-9-23(10-12-24)14-15-3-1-7-21-13-15/h1-8,13,25H,9-12,14H2. The summed E-state index contributed by atoms with van der Waals surface area (Å²) in [5.41, 5.74) is 1.95. The number of aromatic nitrogens is 2. The van der Waals surface area contributed by atoms with Crippen LogP contribution in [-0.4, -0.2) is 57.0 Å². The molecule has 132 valence electrons. The Kier molecular flexibility index (Phi) is 4.50. The van der Waals surface area contributed by atoms with Gasteiger partial charge >= 0.3 is 0 Å². The van der Waals surface area contributed by atoms with Crippen molar-refractivity contribution in [3.63, 3.8) is 0 Å². The molecule has 0 atom stereocenters. The highest BCUT2D eigenvalue weighted by Gasteiger charge is 2.24. The second kappa shape index (κ2) is 7.09. The second-order valence-corrected chi connectivity index (χ2v) is 6.47. The van der Waals surface area contributed by atoms with E-state index in [0.717, 1.165) is 25.0 Å². The molecule has 26 heavy (non-hydrogen) atoms. The minimum atomic E-state index is -0.143. The zero-order chi connectivity index (χ0) is 17.9. The van der Waals surface area contributed by atoms with Crippen LogP contribution in [0.15, 0.2) is 55.0 Å². The van der Waals surface area contributed by atoms with Gasteiger partial charge in [0.15, 0.2) is 5.75 Å². The molecule has 1 fully saturated rings. The van der Waals surface area contributed by atoms with Gasteiger partial charge in [-0.2, -0.15) is 0 Å². The molecular weight excluding hydrogens is 328 g/mol. The van der Waals surface area contributed by atoms with Crippen molar-refractivity contribution < 1.29 is 9.90 Å². The Labute approximate surface area is 151 Å². The predicted molar refractivity (Wildman–Crippen MR) is 98.8 cm³/mol. The number of aromatic hydroxyl groups is 1. The fourth-order valence-corrected chi connectivity index (χ4v) is 3.33. The molecule has 0 aliphatic carbocycles. The van der Waals surface area contributed by atoms with E-state index in [4.69, 9.17) is 0 Å². The molecule has 1 aromatic carbocycles. The van der Waals surface area contributed by atoms with E-state index in [1.807, 2.05) is 30.5 Å². The summed E-state index contributed by atoms with van der Waals surface area (Å²) in [7, 11) is 0. The third-order valence-electron chi connectivity index (χ3n) is 4.77. The fraction of sp³-hybridized carbons (Fsp3) is 0.250. The number of piperazine rings is 1. The number of carbonyl (C=O) groups is 1. The monoisotopic (exact) mass is 348 g/mol. The average Bonchev–Trinajstić information content (AvgIpc) is 2.69. The first-order valence-corrected chi connectivity index (χ1v) is 8.69. The first-order valence-electron chi connectivity index (χ1n) is 8.69. The highest BCUT2D eigenvalue weighted by Crippen LogP contribution is 2.28. The van der Waals surface area contributed by atoms with Crippen LogP contribution in [0.25, 0.3) is 10.9 Å². The summed E-state index contributed by atoms with van der Waals surface area (Å²) in [6.45, 7) is 3.71. The van der Waals surface area contributed by atoms with Crippen LogP contribution in [0.2, 0.25) is 0 Å². The maximum Gasteiger partial charge on any atom is 0.257 e. The topological polar surface area (TPSA) is 69.6 Å². The van der Waals surface area contributed by atoms with Crippen molar-refractivity contribution >= 4 is 16.8 Å². The van der Waals surface area contributed by atoms with Gasteiger partial charge in [-0.1, -0.05) is 18.2 Å². The second-order valence-electron chi connectivity index (χ2n) is 6.47. The van der Waals surface area contributed by atoms with E-state index in [1.165, 1.54) is 5.56 Å². The zero-order valence-electron chi connectivity index (χ0n) is 14.4. The van der Waals surface area contributed by atoms with Gasteiger partial charge in [-0.15, -0.1) is 0 Å². The average molecular weight is 348 g/mol. The lowest BCUT2D eigenvalue weighted by atomic mass is 10.1. The van der Waals surface area contributed by atoms with Crippen molar-refractivity contribution in [2.75, 3.05) is 26.2 Å². The largest absolute Gasteiger partial charge is 0.505 e. The number of carbonyl (C=O) groups excluding carboxylic acids is 1. The molecule has 2 aromatic heterocycles. The lowest BCUT2D eigenvalue weighted by Crippen LogP contribution is -2.48. The van der Waals surface area contributed by atoms with Gasteiger partial charge in [0.1, 0.15) is 5.52 Å². The molecule has 0 spiro atoms. The molecule has 0 saturated carbocycles. The fourth-order valence-electron chi connectivity index (χ4n) is 3.33. The minimum absolute atomic E-state index is 0.0362. The highest BCUT2D eigenvalue weighted by atomic mass is 16.3. The van der Waals surface area contributed by atoms with Crippen molar-refractivity contribution in [1.29, 1.82) is 0 Å². The number of hydrogen-bond donors (Lipinski definition) is 1. The smallest absolute Gasteiger partial charge is 0.257 e. The van der Waals surface area contributed by atoms with E-state index >= 15 is 0 Å². The summed E-state index contributed by atoms with van der Waals surface area (Å²) in [5.74, 6) is -0.179. The molecule has 3 heterocycles. The number of rotatable bonds is 3. The van der Waals surface area contributed by atoms with Crippen LogP contribution in [0.3, 0.4) is 0 Å². The van der Waals surface area contributed by atoms with Crippen molar-refractivity contribution in [2.45, 2.75) is 6.54 Å². The summed E-state index contributed by atoms with van der Waals surface area (Å²) >= 11 is 0. The predicted octanol–water partition coefficient (Wildman–Crippen LogP) is 2.29. The quantitative estimate of drug-likeness (QED) is 0.786. The Bertz CT molecular complexity index is 922. The van der Waals surface area contributed by atoms with Crippen LogP contribution in [0, 0.1) is 0 Å². The Balaban J connectivity index is 1.44. The van der Waals surface area contributed by atoms with Crippen molar-refractivity contribution in [3.8, 4) is 5.75 Å². The molecule has 1 N–H and O–H groups in total. The maximum absolute atomic E-state index is 12.8. The van der Waals surface area contributed by atoms with E-state index in [1.54, 1.807) is 23.4 Å². The van der Waals surface area contributed by atoms with Gasteiger partial charge < -0.3 is 10.0 Å². The van der Waals surface area contributed by atoms with E-state index in [9.17, 15) is 9.90 Å². The summed E-state index contributed by atoms with van der Waals surface area (Å²) in [6, 6.07) is 11.2. The number of pyridine rings is 2. The molecule has 1 amide bonds. The minimum Gasteiger partial charge on any atom is -0.505 e. The van der Waals surface area contributed by atoms with Crippen molar-refractivity contribution in [3.05, 3.63) is 66.1 Å². The number of benzene rings is 1. The summed E-state index contributed by atoms with van der Waals surface area (Å²) in [6.07, 6.45) is 5.26. The molecule has 1 aliphatic heterocycles. The lowest BCUT2D eigenvalue weighted by molar-refractivity contribution is 0.0625. The molecule has 0 unspecified atom stereocenters. The third-order valence-corrected chi connectivity index (χ3v) is 4.77. The van der Waals surface area contributed by atoms with Gasteiger partial charge in [0.05, 0.1) is 5.56 Å². The molecule has 6 heteroatoms. The summed E-state index contributed by atoms with van der Waals surface area (Å²) in [5, 5.41) is 11.3. The third kappa shape index (κ3) is 3.23. The molecule has 6 nitrogen and oxygen atoms in total. The molecule has 3 aromatic rings. The molecular formula is C20H20N4O2. The van der Waals surface area contributed by atoms with Gasteiger partial charge in [-0.3, -0.25) is 19.7 Å². The van der Waals surface area contributed by atoms with Gasteiger partial charge in [0, 0.05) is 56.7 Å². The first kappa shape index (κ1) is 16.5. The Morgan fingerprint density at radius 2 is 1.85 bits per heavy atom. The van der Waals surface area contributed by atoms with Crippen molar-refractivity contribution in [2.24, 2.45) is 0 Å². The van der Waals surface area contributed by atoms with Gasteiger partial charge in [-0.05, 0) is 23.8 Å². The highest BCUT2D eigenvalue weighted by molar-refractivity contribution is 6.02. The Hall–Kier alpha value is -2.99. The maximum atomic E-state index is 12.8. The summed E-state index contributed by atoms with van der Waals surface area (Å²) < 4.78 is 0. The van der Waals surface area contributed by atoms with Crippen LogP contribution in [0.4, 0.5) is 0 Å². The van der Waals surface area contributed by atoms with Crippen LogP contribution in [0.5, 0.6) is 5.75 Å². The van der Waals surface area contributed by atoms with E-state index in [0.29, 0.717) is 24.2 Å².